The molecule has 2 heterocycles. The Morgan fingerprint density at radius 3 is 3.14 bits per heavy atom. The molecule has 1 N–H and O–H groups in total. The van der Waals surface area contributed by atoms with Crippen molar-refractivity contribution in [3.8, 4) is 5.75 Å². The molecule has 0 spiro atoms. The minimum absolute atomic E-state index is 0.00684. The molecule has 1 aliphatic rings. The summed E-state index contributed by atoms with van der Waals surface area (Å²) in [6, 6.07) is 6.04. The lowest BCUT2D eigenvalue weighted by molar-refractivity contribution is 0.0606. The van der Waals surface area contributed by atoms with Gasteiger partial charge in [0.25, 0.3) is 0 Å². The number of fused-ring (bicyclic) bond motifs is 1. The highest BCUT2D eigenvalue weighted by Crippen LogP contribution is 2.37. The number of nitrogens with zero attached hydrogens (tertiary/aromatic N) is 1. The number of ether oxygens (including phenoxy) is 2. The first-order valence-corrected chi connectivity index (χ1v) is 7.52. The van der Waals surface area contributed by atoms with Crippen LogP contribution >= 0.6 is 22.9 Å². The normalized spacial score (nSPS) is 16.2. The van der Waals surface area contributed by atoms with Gasteiger partial charge >= 0.3 is 5.97 Å². The minimum atomic E-state index is -0.482. The summed E-state index contributed by atoms with van der Waals surface area (Å²) in [4.78, 5) is 16.0. The highest BCUT2D eigenvalue weighted by Gasteiger charge is 2.26. The Bertz CT molecular complexity index is 702. The lowest BCUT2D eigenvalue weighted by Crippen LogP contribution is -2.11. The van der Waals surface area contributed by atoms with Gasteiger partial charge in [0.2, 0.25) is 0 Å². The zero-order valence-corrected chi connectivity index (χ0v) is 13.0. The first kappa shape index (κ1) is 14.2. The predicted octanol–water partition coefficient (Wildman–Crippen LogP) is 3.44. The van der Waals surface area contributed by atoms with E-state index < -0.39 is 5.97 Å². The average molecular weight is 325 g/mol. The summed E-state index contributed by atoms with van der Waals surface area (Å²) in [5, 5.41) is 3.98. The second-order valence-electron chi connectivity index (χ2n) is 4.68. The molecule has 1 aliphatic heterocycles. The van der Waals surface area contributed by atoms with E-state index in [9.17, 15) is 4.79 Å². The molecule has 0 saturated carbocycles. The molecule has 0 aliphatic carbocycles. The number of nitrogens with one attached hydrogen (secondary N) is 1. The number of methoxy groups -OCH3 is 1. The number of carbonyl (C=O) groups excluding carboxylic acids is 1. The molecule has 1 unspecified atom stereocenters. The van der Waals surface area contributed by atoms with Gasteiger partial charge in [0.1, 0.15) is 12.4 Å². The van der Waals surface area contributed by atoms with Crippen molar-refractivity contribution in [3.05, 3.63) is 39.4 Å². The predicted molar refractivity (Wildman–Crippen MR) is 81.5 cm³/mol. The van der Waals surface area contributed by atoms with Crippen LogP contribution in [0, 0.1) is 6.92 Å². The quantitative estimate of drug-likeness (QED) is 0.876. The van der Waals surface area contributed by atoms with Crippen LogP contribution in [0.2, 0.25) is 5.15 Å². The molecular formula is C14H13ClN2O3S. The van der Waals surface area contributed by atoms with E-state index in [0.29, 0.717) is 16.6 Å². The molecule has 1 atom stereocenters. The van der Waals surface area contributed by atoms with Gasteiger partial charge in [-0.25, -0.2) is 9.78 Å². The summed E-state index contributed by atoms with van der Waals surface area (Å²) < 4.78 is 10.3. The summed E-state index contributed by atoms with van der Waals surface area (Å²) in [6.45, 7) is 2.55. The lowest BCUT2D eigenvalue weighted by atomic mass is 10.1. The number of carbonyl (C=O) groups is 1. The van der Waals surface area contributed by atoms with Gasteiger partial charge in [-0.3, -0.25) is 0 Å². The monoisotopic (exact) mass is 324 g/mol. The smallest absolute Gasteiger partial charge is 0.351 e. The topological polar surface area (TPSA) is 60.5 Å². The van der Waals surface area contributed by atoms with Crippen molar-refractivity contribution < 1.29 is 14.3 Å². The van der Waals surface area contributed by atoms with Crippen LogP contribution in [0.15, 0.2) is 18.2 Å². The van der Waals surface area contributed by atoms with E-state index in [0.717, 1.165) is 11.3 Å². The van der Waals surface area contributed by atoms with E-state index >= 15 is 0 Å². The molecule has 2 aromatic rings. The Morgan fingerprint density at radius 2 is 2.38 bits per heavy atom. The number of esters is 1. The zero-order chi connectivity index (χ0) is 15.0. The number of hydrogen-bond donors (Lipinski definition) is 1. The maximum atomic E-state index is 11.5. The molecule has 21 heavy (non-hydrogen) atoms. The maximum absolute atomic E-state index is 11.5. The summed E-state index contributed by atoms with van der Waals surface area (Å²) in [7, 11) is 1.31. The Balaban J connectivity index is 1.83. The van der Waals surface area contributed by atoms with Crippen LogP contribution in [0.25, 0.3) is 0 Å². The molecule has 0 fully saturated rings. The standard InChI is InChI=1S/C14H13ClN2O3S/c1-7-3-4-10-8(5-7)9(6-20-10)16-14-17-12(15)11(21-14)13(18)19-2/h3-5,9H,6H2,1-2H3,(H,16,17). The van der Waals surface area contributed by atoms with Crippen molar-refractivity contribution >= 4 is 34.0 Å². The fraction of sp³-hybridized carbons (Fsp3) is 0.286. The summed E-state index contributed by atoms with van der Waals surface area (Å²) in [5.74, 6) is 0.387. The number of aromatic nitrogens is 1. The second-order valence-corrected chi connectivity index (χ2v) is 6.04. The Kier molecular flexibility index (Phi) is 3.73. The average Bonchev–Trinajstić information content (AvgIpc) is 3.02. The largest absolute Gasteiger partial charge is 0.491 e. The van der Waals surface area contributed by atoms with Gasteiger partial charge in [-0.15, -0.1) is 0 Å². The lowest BCUT2D eigenvalue weighted by Gasteiger charge is -2.10. The first-order chi connectivity index (χ1) is 10.1. The summed E-state index contributed by atoms with van der Waals surface area (Å²) in [6.07, 6.45) is 0. The van der Waals surface area contributed by atoms with Gasteiger partial charge in [0.15, 0.2) is 15.2 Å². The van der Waals surface area contributed by atoms with Crippen molar-refractivity contribution in [1.82, 2.24) is 4.98 Å². The summed E-state index contributed by atoms with van der Waals surface area (Å²) in [5.41, 5.74) is 2.25. The minimum Gasteiger partial charge on any atom is -0.491 e. The molecule has 0 radical (unpaired) electrons. The molecule has 0 saturated heterocycles. The van der Waals surface area contributed by atoms with Gasteiger partial charge in [-0.1, -0.05) is 40.6 Å². The third-order valence-corrected chi connectivity index (χ3v) is 4.55. The molecular weight excluding hydrogens is 312 g/mol. The van der Waals surface area contributed by atoms with Gasteiger partial charge < -0.3 is 14.8 Å². The number of rotatable bonds is 3. The van der Waals surface area contributed by atoms with E-state index in [4.69, 9.17) is 16.3 Å². The van der Waals surface area contributed by atoms with Crippen molar-refractivity contribution in [2.45, 2.75) is 13.0 Å². The fourth-order valence-corrected chi connectivity index (χ4v) is 3.34. The number of benzene rings is 1. The van der Waals surface area contributed by atoms with Gasteiger partial charge in [0, 0.05) is 5.56 Å². The SMILES string of the molecule is COC(=O)c1sc(NC2COc3ccc(C)cc32)nc1Cl. The van der Waals surface area contributed by atoms with Crippen LogP contribution < -0.4 is 10.1 Å². The fourth-order valence-electron chi connectivity index (χ4n) is 2.18. The molecule has 1 aromatic heterocycles. The van der Waals surface area contributed by atoms with Crippen molar-refractivity contribution in [2.75, 3.05) is 19.0 Å². The summed E-state index contributed by atoms with van der Waals surface area (Å²) >= 11 is 7.13. The highest BCUT2D eigenvalue weighted by atomic mass is 35.5. The van der Waals surface area contributed by atoms with Crippen LogP contribution in [-0.2, 0) is 4.74 Å². The molecule has 0 amide bonds. The number of thiazole rings is 1. The molecule has 0 bridgehead atoms. The molecule has 7 heteroatoms. The van der Waals surface area contributed by atoms with Gasteiger partial charge in [-0.05, 0) is 13.0 Å². The maximum Gasteiger partial charge on any atom is 0.351 e. The second kappa shape index (κ2) is 5.54. The van der Waals surface area contributed by atoms with Crippen molar-refractivity contribution in [1.29, 1.82) is 0 Å². The molecule has 5 nitrogen and oxygen atoms in total. The van der Waals surface area contributed by atoms with Gasteiger partial charge in [0.05, 0.1) is 13.2 Å². The number of hydrogen-bond acceptors (Lipinski definition) is 6. The van der Waals surface area contributed by atoms with Crippen molar-refractivity contribution in [3.63, 3.8) is 0 Å². The molecule has 110 valence electrons. The number of anilines is 1. The van der Waals surface area contributed by atoms with E-state index in [-0.39, 0.29) is 11.2 Å². The zero-order valence-electron chi connectivity index (χ0n) is 11.5. The van der Waals surface area contributed by atoms with Crippen LogP contribution in [0.4, 0.5) is 5.13 Å². The van der Waals surface area contributed by atoms with E-state index in [2.05, 4.69) is 21.1 Å². The number of halogens is 1. The van der Waals surface area contributed by atoms with Crippen LogP contribution in [0.1, 0.15) is 26.8 Å². The Hall–Kier alpha value is -1.79. The van der Waals surface area contributed by atoms with E-state index in [1.54, 1.807) is 0 Å². The third-order valence-electron chi connectivity index (χ3n) is 3.20. The Labute approximate surface area is 130 Å². The van der Waals surface area contributed by atoms with Crippen LogP contribution in [0.5, 0.6) is 5.75 Å². The first-order valence-electron chi connectivity index (χ1n) is 6.33. The van der Waals surface area contributed by atoms with E-state index in [1.807, 2.05) is 19.1 Å². The van der Waals surface area contributed by atoms with E-state index in [1.165, 1.54) is 24.0 Å². The van der Waals surface area contributed by atoms with Crippen LogP contribution in [0.3, 0.4) is 0 Å². The highest BCUT2D eigenvalue weighted by molar-refractivity contribution is 7.18. The molecule has 3 rings (SSSR count). The van der Waals surface area contributed by atoms with Crippen LogP contribution in [-0.4, -0.2) is 24.7 Å². The van der Waals surface area contributed by atoms with Gasteiger partial charge in [-0.2, -0.15) is 0 Å². The van der Waals surface area contributed by atoms with Crippen molar-refractivity contribution in [2.24, 2.45) is 0 Å². The third kappa shape index (κ3) is 2.69. The molecule has 1 aromatic carbocycles. The number of aryl methyl sites for hydroxylation is 1. The Morgan fingerprint density at radius 1 is 1.57 bits per heavy atom.